The minimum atomic E-state index is -0.745. The average molecular weight is 321 g/mol. The lowest BCUT2D eigenvalue weighted by Gasteiger charge is -2.46. The van der Waals surface area contributed by atoms with Crippen molar-refractivity contribution in [3.63, 3.8) is 0 Å². The summed E-state index contributed by atoms with van der Waals surface area (Å²) >= 11 is 0. The fraction of sp³-hybridized carbons (Fsp3) is 0.529. The molecule has 0 bridgehead atoms. The molecule has 0 radical (unpaired) electrons. The molecule has 1 heterocycles. The Labute approximate surface area is 136 Å². The molecule has 126 valence electrons. The van der Waals surface area contributed by atoms with Crippen LogP contribution in [0.3, 0.4) is 0 Å². The van der Waals surface area contributed by atoms with Crippen molar-refractivity contribution in [2.75, 3.05) is 5.32 Å². The molecule has 0 atom stereocenters. The van der Waals surface area contributed by atoms with E-state index in [2.05, 4.69) is 43.6 Å². The van der Waals surface area contributed by atoms with Gasteiger partial charge in [0.2, 0.25) is 0 Å². The van der Waals surface area contributed by atoms with E-state index < -0.39 is 17.6 Å². The van der Waals surface area contributed by atoms with Gasteiger partial charge in [-0.05, 0) is 64.8 Å². The summed E-state index contributed by atoms with van der Waals surface area (Å²) in [5.74, 6) is -1.81. The van der Waals surface area contributed by atoms with Crippen LogP contribution in [0.5, 0.6) is 0 Å². The molecule has 5 nitrogen and oxygen atoms in total. The molecular weight excluding hydrogens is 297 g/mol. The summed E-state index contributed by atoms with van der Waals surface area (Å²) in [6.45, 7) is 8.30. The van der Waals surface area contributed by atoms with E-state index in [1.165, 1.54) is 24.3 Å². The lowest BCUT2D eigenvalue weighted by molar-refractivity contribution is -0.137. The Morgan fingerprint density at radius 1 is 1.04 bits per heavy atom. The highest BCUT2D eigenvalue weighted by molar-refractivity contribution is 6.39. The van der Waals surface area contributed by atoms with Crippen molar-refractivity contribution in [2.45, 2.75) is 57.7 Å². The molecule has 6 heteroatoms. The van der Waals surface area contributed by atoms with Crippen molar-refractivity contribution in [1.29, 1.82) is 0 Å². The predicted molar refractivity (Wildman–Crippen MR) is 87.5 cm³/mol. The first kappa shape index (κ1) is 17.4. The summed E-state index contributed by atoms with van der Waals surface area (Å²) in [6.07, 6.45) is 1.48. The maximum absolute atomic E-state index is 12.8. The largest absolute Gasteiger partial charge is 0.345 e. The van der Waals surface area contributed by atoms with Gasteiger partial charge in [-0.3, -0.25) is 9.59 Å². The van der Waals surface area contributed by atoms with E-state index in [4.69, 9.17) is 0 Å². The molecule has 23 heavy (non-hydrogen) atoms. The van der Waals surface area contributed by atoms with Gasteiger partial charge in [0.1, 0.15) is 5.82 Å². The zero-order chi connectivity index (χ0) is 17.3. The number of anilines is 1. The van der Waals surface area contributed by atoms with Crippen molar-refractivity contribution >= 4 is 17.5 Å². The number of benzene rings is 1. The summed E-state index contributed by atoms with van der Waals surface area (Å²) in [5, 5.41) is 8.79. The molecule has 1 saturated heterocycles. The van der Waals surface area contributed by atoms with Crippen LogP contribution in [0.25, 0.3) is 0 Å². The van der Waals surface area contributed by atoms with Gasteiger partial charge < -0.3 is 16.0 Å². The standard InChI is InChI=1S/C17H24FN3O2/c1-16(2)9-13(10-17(3,4)21-16)20-15(23)14(22)19-12-7-5-11(18)6-8-12/h5-8,13,21H,9-10H2,1-4H3,(H,19,22)(H,20,23). The molecule has 1 aliphatic rings. The number of amides is 2. The molecule has 1 aromatic carbocycles. The summed E-state index contributed by atoms with van der Waals surface area (Å²) in [7, 11) is 0. The second-order valence-electron chi connectivity index (χ2n) is 7.43. The van der Waals surface area contributed by atoms with Gasteiger partial charge in [-0.2, -0.15) is 0 Å². The Hall–Kier alpha value is -1.95. The summed E-state index contributed by atoms with van der Waals surface area (Å²) in [5.41, 5.74) is 0.151. The van der Waals surface area contributed by atoms with E-state index in [1.54, 1.807) is 0 Å². The van der Waals surface area contributed by atoms with Gasteiger partial charge in [-0.15, -0.1) is 0 Å². The van der Waals surface area contributed by atoms with Gasteiger partial charge in [-0.25, -0.2) is 4.39 Å². The van der Waals surface area contributed by atoms with Crippen LogP contribution in [0, 0.1) is 5.82 Å². The van der Waals surface area contributed by atoms with Crippen molar-refractivity contribution in [3.8, 4) is 0 Å². The second kappa shape index (κ2) is 6.28. The first-order chi connectivity index (χ1) is 10.6. The zero-order valence-electron chi connectivity index (χ0n) is 14.0. The van der Waals surface area contributed by atoms with Crippen LogP contribution in [0.1, 0.15) is 40.5 Å². The molecule has 0 saturated carbocycles. The third-order valence-corrected chi connectivity index (χ3v) is 3.83. The Morgan fingerprint density at radius 3 is 2.09 bits per heavy atom. The SMILES string of the molecule is CC1(C)CC(NC(=O)C(=O)Nc2ccc(F)cc2)CC(C)(C)N1. The van der Waals surface area contributed by atoms with Crippen molar-refractivity contribution in [2.24, 2.45) is 0 Å². The van der Waals surface area contributed by atoms with Gasteiger partial charge in [-0.1, -0.05) is 0 Å². The van der Waals surface area contributed by atoms with E-state index in [9.17, 15) is 14.0 Å². The third-order valence-electron chi connectivity index (χ3n) is 3.83. The minimum absolute atomic E-state index is 0.0762. The quantitative estimate of drug-likeness (QED) is 0.731. The topological polar surface area (TPSA) is 70.2 Å². The highest BCUT2D eigenvalue weighted by Crippen LogP contribution is 2.28. The monoisotopic (exact) mass is 321 g/mol. The first-order valence-electron chi connectivity index (χ1n) is 7.73. The highest BCUT2D eigenvalue weighted by Gasteiger charge is 2.38. The van der Waals surface area contributed by atoms with E-state index in [0.29, 0.717) is 5.69 Å². The van der Waals surface area contributed by atoms with E-state index in [0.717, 1.165) is 12.8 Å². The number of halogens is 1. The Morgan fingerprint density at radius 2 is 1.57 bits per heavy atom. The van der Waals surface area contributed by atoms with Gasteiger partial charge in [0.15, 0.2) is 0 Å². The second-order valence-corrected chi connectivity index (χ2v) is 7.43. The van der Waals surface area contributed by atoms with Crippen LogP contribution in [-0.2, 0) is 9.59 Å². The Bertz CT molecular complexity index is 580. The van der Waals surface area contributed by atoms with E-state index >= 15 is 0 Å². The Balaban J connectivity index is 1.95. The van der Waals surface area contributed by atoms with Crippen LogP contribution in [-0.4, -0.2) is 28.9 Å². The fourth-order valence-electron chi connectivity index (χ4n) is 3.40. The van der Waals surface area contributed by atoms with Gasteiger partial charge >= 0.3 is 11.8 Å². The highest BCUT2D eigenvalue weighted by atomic mass is 19.1. The maximum atomic E-state index is 12.8. The number of nitrogens with one attached hydrogen (secondary N) is 3. The molecule has 1 aromatic rings. The molecule has 1 fully saturated rings. The number of piperidine rings is 1. The smallest absolute Gasteiger partial charge is 0.313 e. The minimum Gasteiger partial charge on any atom is -0.345 e. The number of carbonyl (C=O) groups excluding carboxylic acids is 2. The predicted octanol–water partition coefficient (Wildman–Crippen LogP) is 2.19. The number of hydrogen-bond donors (Lipinski definition) is 3. The lowest BCUT2D eigenvalue weighted by Crippen LogP contribution is -2.62. The molecule has 3 N–H and O–H groups in total. The van der Waals surface area contributed by atoms with Crippen LogP contribution in [0.15, 0.2) is 24.3 Å². The van der Waals surface area contributed by atoms with Crippen LogP contribution >= 0.6 is 0 Å². The van der Waals surface area contributed by atoms with Gasteiger partial charge in [0.05, 0.1) is 0 Å². The molecule has 0 aromatic heterocycles. The zero-order valence-corrected chi connectivity index (χ0v) is 14.0. The Kier molecular flexibility index (Phi) is 4.75. The molecule has 2 amide bonds. The molecule has 0 aliphatic carbocycles. The molecule has 0 unspecified atom stereocenters. The third kappa shape index (κ3) is 5.03. The molecule has 2 rings (SSSR count). The van der Waals surface area contributed by atoms with Gasteiger partial charge in [0.25, 0.3) is 0 Å². The number of rotatable bonds is 2. The van der Waals surface area contributed by atoms with Crippen LogP contribution in [0.2, 0.25) is 0 Å². The fourth-order valence-corrected chi connectivity index (χ4v) is 3.40. The summed E-state index contributed by atoms with van der Waals surface area (Å²) in [4.78, 5) is 24.0. The number of carbonyl (C=O) groups is 2. The van der Waals surface area contributed by atoms with Crippen molar-refractivity contribution < 1.29 is 14.0 Å². The summed E-state index contributed by atoms with van der Waals surface area (Å²) < 4.78 is 12.8. The number of hydrogen-bond acceptors (Lipinski definition) is 3. The lowest BCUT2D eigenvalue weighted by atomic mass is 9.79. The maximum Gasteiger partial charge on any atom is 0.313 e. The molecule has 0 spiro atoms. The van der Waals surface area contributed by atoms with E-state index in [1.807, 2.05) is 0 Å². The van der Waals surface area contributed by atoms with Crippen LogP contribution in [0.4, 0.5) is 10.1 Å². The van der Waals surface area contributed by atoms with E-state index in [-0.39, 0.29) is 17.1 Å². The van der Waals surface area contributed by atoms with Gasteiger partial charge in [0, 0.05) is 22.8 Å². The average Bonchev–Trinajstić information content (AvgIpc) is 2.37. The molecule has 1 aliphatic heterocycles. The van der Waals surface area contributed by atoms with Crippen LogP contribution < -0.4 is 16.0 Å². The van der Waals surface area contributed by atoms with Crippen molar-refractivity contribution in [3.05, 3.63) is 30.1 Å². The summed E-state index contributed by atoms with van der Waals surface area (Å²) in [6, 6.07) is 5.21. The first-order valence-corrected chi connectivity index (χ1v) is 7.73. The van der Waals surface area contributed by atoms with Crippen molar-refractivity contribution in [1.82, 2.24) is 10.6 Å². The normalized spacial score (nSPS) is 19.9. The molecular formula is C17H24FN3O2.